The second kappa shape index (κ2) is 20.6. The summed E-state index contributed by atoms with van der Waals surface area (Å²) in [5.74, 6) is 1.48. The van der Waals surface area contributed by atoms with Gasteiger partial charge in [0, 0.05) is 74.3 Å². The summed E-state index contributed by atoms with van der Waals surface area (Å²) in [5, 5.41) is 34.4. The second-order valence-corrected chi connectivity index (χ2v) is 19.6. The van der Waals surface area contributed by atoms with E-state index < -0.39 is 18.3 Å². The number of halogens is 1. The number of nitrogens with zero attached hydrogens (tertiary/aromatic N) is 12. The number of amides is 2. The fourth-order valence-corrected chi connectivity index (χ4v) is 9.58. The molecule has 8 heterocycles. The topological polar surface area (TPSA) is 211 Å². The van der Waals surface area contributed by atoms with Crippen molar-refractivity contribution in [3.8, 4) is 33.9 Å². The Kier molecular flexibility index (Phi) is 13.7. The van der Waals surface area contributed by atoms with Crippen LogP contribution >= 0.6 is 22.6 Å². The molecule has 0 bridgehead atoms. The first kappa shape index (κ1) is 49.1. The monoisotopic (exact) mass is 1100 g/mol. The van der Waals surface area contributed by atoms with Gasteiger partial charge in [0.25, 0.3) is 0 Å². The first-order valence-corrected chi connectivity index (χ1v) is 24.4. The molecule has 6 aromatic heterocycles. The Balaban J connectivity index is 0.000000146. The lowest BCUT2D eigenvalue weighted by molar-refractivity contribution is 0.0676. The van der Waals surface area contributed by atoms with Gasteiger partial charge in [0.2, 0.25) is 0 Å². The molecule has 12 rings (SSSR count). The largest absolute Gasteiger partial charge is 0.491 e. The minimum atomic E-state index is -1.47. The molecule has 2 saturated heterocycles. The molecule has 10 aromatic rings. The molecule has 18 nitrogen and oxygen atoms in total. The Morgan fingerprint density at radius 2 is 0.946 bits per heavy atom. The van der Waals surface area contributed by atoms with Gasteiger partial charge in [-0.05, 0) is 140 Å². The number of ether oxygens (including phenoxy) is 2. The highest BCUT2D eigenvalue weighted by molar-refractivity contribution is 14.1. The van der Waals surface area contributed by atoms with Gasteiger partial charge in [-0.2, -0.15) is 0 Å². The lowest BCUT2D eigenvalue weighted by Gasteiger charge is -2.29. The Morgan fingerprint density at radius 3 is 1.39 bits per heavy atom. The van der Waals surface area contributed by atoms with E-state index in [1.54, 1.807) is 22.2 Å². The maximum absolute atomic E-state index is 12.9. The number of carbonyl (C=O) groups is 2. The maximum atomic E-state index is 12.9. The summed E-state index contributed by atoms with van der Waals surface area (Å²) in [6.45, 7) is 7.77. The molecule has 368 valence electrons. The van der Waals surface area contributed by atoms with Crippen molar-refractivity contribution in [3.63, 3.8) is 0 Å². The molecule has 0 radical (unpaired) electrons. The number of cyclic esters (lactones) is 2. The maximum Gasteiger partial charge on any atom is 0.491 e. The fraction of sp³-hybridized carbons (Fsp3) is 0.148. The summed E-state index contributed by atoms with van der Waals surface area (Å²) >= 11 is 2.26. The van der Waals surface area contributed by atoms with E-state index in [9.17, 15) is 9.59 Å². The van der Waals surface area contributed by atoms with Gasteiger partial charge in [-0.25, -0.2) is 29.5 Å². The van der Waals surface area contributed by atoms with Crippen LogP contribution in [0.2, 0.25) is 0 Å². The Hall–Kier alpha value is -8.47. The number of fused-ring (bicyclic) bond motifs is 2. The van der Waals surface area contributed by atoms with Crippen molar-refractivity contribution < 1.29 is 29.1 Å². The summed E-state index contributed by atoms with van der Waals surface area (Å²) < 4.78 is 16.5. The lowest BCUT2D eigenvalue weighted by Crippen LogP contribution is -2.33. The van der Waals surface area contributed by atoms with Gasteiger partial charge in [0.05, 0.1) is 0 Å². The third-order valence-electron chi connectivity index (χ3n) is 12.5. The molecule has 4 aromatic carbocycles. The molecule has 2 aliphatic heterocycles. The van der Waals surface area contributed by atoms with Crippen LogP contribution in [0.4, 0.5) is 21.0 Å². The van der Waals surface area contributed by atoms with Crippen molar-refractivity contribution in [2.45, 2.75) is 51.0 Å². The molecule has 2 N–H and O–H groups in total. The molecule has 2 amide bonds. The van der Waals surface area contributed by atoms with Crippen molar-refractivity contribution in [1.82, 2.24) is 49.1 Å². The highest BCUT2D eigenvalue weighted by Gasteiger charge is 2.50. The third-order valence-corrected chi connectivity index (χ3v) is 13.2. The van der Waals surface area contributed by atoms with E-state index in [1.165, 1.54) is 25.0 Å². The SMILES string of the molecule is CC1(C)OC(=O)N(c2ccc(-c3nnc4cc(-c5cncnc5)ccn34)cc2)[C@H]1c1ccccc1.CC1(C)OC(=O)N(c2ccc(-c3nnc4cc(I)ccn34)cc2)[C@H]1c1ccccc1.OB(O)c1cncnc1. The molecule has 0 unspecified atom stereocenters. The van der Waals surface area contributed by atoms with Crippen LogP contribution in [-0.2, 0) is 9.47 Å². The number of pyridine rings is 2. The molecule has 2 aliphatic rings. The molecule has 0 aliphatic carbocycles. The van der Waals surface area contributed by atoms with Crippen molar-refractivity contribution in [2.75, 3.05) is 9.80 Å². The van der Waals surface area contributed by atoms with Gasteiger partial charge in [-0.1, -0.05) is 60.7 Å². The molecule has 74 heavy (non-hydrogen) atoms. The number of aromatic nitrogens is 10. The zero-order valence-corrected chi connectivity index (χ0v) is 42.5. The number of anilines is 2. The molecule has 0 spiro atoms. The summed E-state index contributed by atoms with van der Waals surface area (Å²) in [6, 6.07) is 43.0. The summed E-state index contributed by atoms with van der Waals surface area (Å²) in [6.07, 6.45) is 12.3. The van der Waals surface area contributed by atoms with E-state index in [-0.39, 0.29) is 24.3 Å². The number of rotatable bonds is 8. The Bertz CT molecular complexity index is 3570. The quantitative estimate of drug-likeness (QED) is 0.107. The normalized spacial score (nSPS) is 16.5. The van der Waals surface area contributed by atoms with Crippen LogP contribution in [0, 0.1) is 3.57 Å². The third kappa shape index (κ3) is 10.0. The fourth-order valence-electron chi connectivity index (χ4n) is 9.14. The van der Waals surface area contributed by atoms with Crippen LogP contribution in [0.3, 0.4) is 0 Å². The Morgan fingerprint density at radius 1 is 0.514 bits per heavy atom. The second-order valence-electron chi connectivity index (χ2n) is 18.3. The van der Waals surface area contributed by atoms with E-state index in [0.717, 1.165) is 65.4 Å². The van der Waals surface area contributed by atoms with Gasteiger partial charge in [-0.15, -0.1) is 20.4 Å². The van der Waals surface area contributed by atoms with Gasteiger partial charge >= 0.3 is 19.3 Å². The van der Waals surface area contributed by atoms with Gasteiger partial charge in [0.1, 0.15) is 35.9 Å². The Labute approximate surface area is 438 Å². The number of hydrogen-bond donors (Lipinski definition) is 2. The zero-order valence-electron chi connectivity index (χ0n) is 40.3. The summed E-state index contributed by atoms with van der Waals surface area (Å²) in [7, 11) is -1.47. The average Bonchev–Trinajstić information content (AvgIpc) is 4.16. The standard InChI is InChI=1S/C27H22N6O2.C23H19IN4O2.C4H5BN2O2/c1-27(2)24(18-6-4-3-5-7-18)33(26(34)35-27)22-10-8-19(9-11-22)25-31-30-23-14-20(12-13-32(23)25)21-15-28-17-29-16-21;1-23(2)20(15-6-4-3-5-7-15)28(22(29)30-23)18-10-8-16(9-11-18)21-26-25-19-14-17(24)12-13-27(19)21;8-5(9)4-1-6-3-7-2-4/h3-17,24H,1-2H3;3-14,20H,1-2H3;1-3,8-9H/t24-;20-;/m00./s1. The first-order chi connectivity index (χ1) is 35.8. The van der Waals surface area contributed by atoms with E-state index in [1.807, 2.05) is 182 Å². The predicted octanol–water partition coefficient (Wildman–Crippen LogP) is 8.96. The van der Waals surface area contributed by atoms with Gasteiger partial charge in [0.15, 0.2) is 22.9 Å². The summed E-state index contributed by atoms with van der Waals surface area (Å²) in [5.41, 5.74) is 7.82. The van der Waals surface area contributed by atoms with Crippen molar-refractivity contribution >= 4 is 70.0 Å². The van der Waals surface area contributed by atoms with Crippen molar-refractivity contribution in [1.29, 1.82) is 0 Å². The smallest absolute Gasteiger partial charge is 0.441 e. The van der Waals surface area contributed by atoms with Crippen LogP contribution in [0.5, 0.6) is 0 Å². The van der Waals surface area contributed by atoms with E-state index in [2.05, 4.69) is 62.9 Å². The summed E-state index contributed by atoms with van der Waals surface area (Å²) in [4.78, 5) is 44.4. The van der Waals surface area contributed by atoms with E-state index in [4.69, 9.17) is 19.5 Å². The highest BCUT2D eigenvalue weighted by Crippen LogP contribution is 2.45. The minimum absolute atomic E-state index is 0.215. The number of benzene rings is 4. The first-order valence-electron chi connectivity index (χ1n) is 23.3. The van der Waals surface area contributed by atoms with Crippen LogP contribution in [0.25, 0.3) is 45.2 Å². The molecule has 2 atom stereocenters. The predicted molar refractivity (Wildman–Crippen MR) is 287 cm³/mol. The average molecular weight is 1100 g/mol. The van der Waals surface area contributed by atoms with Crippen LogP contribution in [0.15, 0.2) is 183 Å². The zero-order chi connectivity index (χ0) is 51.6. The van der Waals surface area contributed by atoms with Crippen molar-refractivity contribution in [3.05, 3.63) is 198 Å². The molecular formula is C54H46BIN12O6. The lowest BCUT2D eigenvalue weighted by atomic mass is 9.83. The minimum Gasteiger partial charge on any atom is -0.441 e. The van der Waals surface area contributed by atoms with E-state index in [0.29, 0.717) is 11.3 Å². The number of hydrogen-bond acceptors (Lipinski definition) is 14. The van der Waals surface area contributed by atoms with Crippen LogP contribution in [0.1, 0.15) is 50.9 Å². The van der Waals surface area contributed by atoms with Crippen LogP contribution in [-0.4, -0.2) is 89.7 Å². The molecule has 0 saturated carbocycles. The van der Waals surface area contributed by atoms with E-state index >= 15 is 0 Å². The van der Waals surface area contributed by atoms with Gasteiger partial charge in [-0.3, -0.25) is 18.6 Å². The highest BCUT2D eigenvalue weighted by atomic mass is 127. The molecule has 20 heteroatoms. The van der Waals surface area contributed by atoms with Crippen LogP contribution < -0.4 is 15.3 Å². The molecular weight excluding hydrogens is 1050 g/mol. The van der Waals surface area contributed by atoms with Crippen molar-refractivity contribution in [2.24, 2.45) is 0 Å². The number of carbonyl (C=O) groups excluding carboxylic acids is 2. The molecule has 2 fully saturated rings. The van der Waals surface area contributed by atoms with Gasteiger partial charge < -0.3 is 19.5 Å².